The Balaban J connectivity index is 2.63. The third-order valence-corrected chi connectivity index (χ3v) is 2.17. The number of hydrogen-bond donors (Lipinski definition) is 1. The van der Waals surface area contributed by atoms with Gasteiger partial charge in [0, 0.05) is 18.0 Å². The molecule has 1 heterocycles. The molecule has 2 aromatic rings. The first-order valence-corrected chi connectivity index (χ1v) is 4.24. The minimum Gasteiger partial charge on any atom is -0.369 e. The molecule has 0 amide bonds. The number of nitrogen functional groups attached to an aromatic ring is 1. The molecule has 0 bridgehead atoms. The molecule has 0 radical (unpaired) electrons. The van der Waals surface area contributed by atoms with Crippen LogP contribution >= 0.6 is 0 Å². The van der Waals surface area contributed by atoms with E-state index in [1.54, 1.807) is 36.0 Å². The van der Waals surface area contributed by atoms with Gasteiger partial charge in [0.2, 0.25) is 5.95 Å². The number of imidazole rings is 1. The second-order valence-electron chi connectivity index (χ2n) is 3.04. The fourth-order valence-corrected chi connectivity index (χ4v) is 1.38. The Kier molecular flexibility index (Phi) is 1.96. The van der Waals surface area contributed by atoms with E-state index in [4.69, 9.17) is 5.73 Å². The summed E-state index contributed by atoms with van der Waals surface area (Å²) in [6, 6.07) is 4.87. The molecule has 0 saturated heterocycles. The molecular formula is C10H10FN3. The van der Waals surface area contributed by atoms with Gasteiger partial charge in [-0.1, -0.05) is 6.07 Å². The Morgan fingerprint density at radius 2 is 2.21 bits per heavy atom. The number of hydrogen-bond acceptors (Lipinski definition) is 2. The van der Waals surface area contributed by atoms with E-state index in [0.29, 0.717) is 11.5 Å². The maximum atomic E-state index is 13.2. The van der Waals surface area contributed by atoms with Crippen molar-refractivity contribution in [3.8, 4) is 5.69 Å². The van der Waals surface area contributed by atoms with Gasteiger partial charge in [0.15, 0.2) is 0 Å². The Labute approximate surface area is 81.0 Å². The molecule has 0 atom stereocenters. The van der Waals surface area contributed by atoms with Crippen LogP contribution in [-0.4, -0.2) is 9.55 Å². The molecule has 1 aromatic heterocycles. The van der Waals surface area contributed by atoms with Gasteiger partial charge in [-0.15, -0.1) is 0 Å². The number of halogens is 1. The summed E-state index contributed by atoms with van der Waals surface area (Å²) in [5, 5.41) is 0. The SMILES string of the molecule is Cc1c(F)cccc1-n1ccnc1N. The summed E-state index contributed by atoms with van der Waals surface area (Å²) in [6.45, 7) is 1.71. The molecule has 14 heavy (non-hydrogen) atoms. The van der Waals surface area contributed by atoms with Crippen LogP contribution < -0.4 is 5.73 Å². The zero-order chi connectivity index (χ0) is 10.1. The predicted molar refractivity (Wildman–Crippen MR) is 52.7 cm³/mol. The van der Waals surface area contributed by atoms with Crippen molar-refractivity contribution < 1.29 is 4.39 Å². The molecule has 0 aliphatic rings. The molecule has 1 aromatic carbocycles. The quantitative estimate of drug-likeness (QED) is 0.748. The normalized spacial score (nSPS) is 10.4. The molecule has 2 N–H and O–H groups in total. The van der Waals surface area contributed by atoms with Crippen LogP contribution in [0.5, 0.6) is 0 Å². The summed E-state index contributed by atoms with van der Waals surface area (Å²) in [6.07, 6.45) is 3.29. The van der Waals surface area contributed by atoms with Crippen LogP contribution in [0.4, 0.5) is 10.3 Å². The minimum atomic E-state index is -0.240. The van der Waals surface area contributed by atoms with E-state index in [9.17, 15) is 4.39 Å². The van der Waals surface area contributed by atoms with Crippen molar-refractivity contribution in [2.45, 2.75) is 6.92 Å². The molecule has 72 valence electrons. The molecule has 4 heteroatoms. The van der Waals surface area contributed by atoms with Gasteiger partial charge in [0.25, 0.3) is 0 Å². The van der Waals surface area contributed by atoms with E-state index in [1.807, 2.05) is 0 Å². The summed E-state index contributed by atoms with van der Waals surface area (Å²) in [5.41, 5.74) is 6.91. The van der Waals surface area contributed by atoms with Crippen LogP contribution in [0.2, 0.25) is 0 Å². The Hall–Kier alpha value is -1.84. The molecule has 2 rings (SSSR count). The van der Waals surface area contributed by atoms with E-state index in [2.05, 4.69) is 4.98 Å². The highest BCUT2D eigenvalue weighted by Gasteiger charge is 2.06. The standard InChI is InChI=1S/C10H10FN3/c1-7-8(11)3-2-4-9(7)14-6-5-13-10(14)12/h2-6H,1H3,(H2,12,13). The topological polar surface area (TPSA) is 43.8 Å². The maximum Gasteiger partial charge on any atom is 0.204 e. The third-order valence-electron chi connectivity index (χ3n) is 2.17. The lowest BCUT2D eigenvalue weighted by Crippen LogP contribution is -2.02. The number of anilines is 1. The summed E-state index contributed by atoms with van der Waals surface area (Å²) in [4.78, 5) is 3.88. The second kappa shape index (κ2) is 3.14. The number of aromatic nitrogens is 2. The lowest BCUT2D eigenvalue weighted by atomic mass is 10.2. The van der Waals surface area contributed by atoms with Crippen molar-refractivity contribution in [2.75, 3.05) is 5.73 Å². The van der Waals surface area contributed by atoms with E-state index in [0.717, 1.165) is 5.69 Å². The van der Waals surface area contributed by atoms with Gasteiger partial charge >= 0.3 is 0 Å². The van der Waals surface area contributed by atoms with Crippen molar-refractivity contribution in [2.24, 2.45) is 0 Å². The van der Waals surface area contributed by atoms with Gasteiger partial charge < -0.3 is 5.73 Å². The largest absolute Gasteiger partial charge is 0.369 e. The predicted octanol–water partition coefficient (Wildman–Crippen LogP) is 1.90. The van der Waals surface area contributed by atoms with Crippen molar-refractivity contribution >= 4 is 5.95 Å². The monoisotopic (exact) mass is 191 g/mol. The lowest BCUT2D eigenvalue weighted by Gasteiger charge is -2.08. The Bertz CT molecular complexity index is 462. The van der Waals surface area contributed by atoms with Crippen molar-refractivity contribution in [3.05, 3.63) is 42.0 Å². The number of benzene rings is 1. The van der Waals surface area contributed by atoms with Gasteiger partial charge in [-0.05, 0) is 19.1 Å². The van der Waals surface area contributed by atoms with Crippen LogP contribution in [-0.2, 0) is 0 Å². The zero-order valence-corrected chi connectivity index (χ0v) is 7.74. The Morgan fingerprint density at radius 1 is 1.43 bits per heavy atom. The molecule has 0 saturated carbocycles. The molecule has 0 aliphatic carbocycles. The smallest absolute Gasteiger partial charge is 0.204 e. The fourth-order valence-electron chi connectivity index (χ4n) is 1.38. The highest BCUT2D eigenvalue weighted by atomic mass is 19.1. The van der Waals surface area contributed by atoms with Gasteiger partial charge in [0.05, 0.1) is 5.69 Å². The Morgan fingerprint density at radius 3 is 2.86 bits per heavy atom. The second-order valence-corrected chi connectivity index (χ2v) is 3.04. The first-order chi connectivity index (χ1) is 6.70. The summed E-state index contributed by atoms with van der Waals surface area (Å²) in [5.74, 6) is 0.120. The molecular weight excluding hydrogens is 181 g/mol. The van der Waals surface area contributed by atoms with Crippen LogP contribution in [0.25, 0.3) is 5.69 Å². The first kappa shape index (κ1) is 8.74. The van der Waals surface area contributed by atoms with Crippen molar-refractivity contribution in [1.29, 1.82) is 0 Å². The molecule has 0 fully saturated rings. The van der Waals surface area contributed by atoms with E-state index >= 15 is 0 Å². The summed E-state index contributed by atoms with van der Waals surface area (Å²) >= 11 is 0. The number of rotatable bonds is 1. The molecule has 3 nitrogen and oxygen atoms in total. The molecule has 0 unspecified atom stereocenters. The minimum absolute atomic E-state index is 0.240. The van der Waals surface area contributed by atoms with E-state index < -0.39 is 0 Å². The van der Waals surface area contributed by atoms with Crippen LogP contribution in [0.3, 0.4) is 0 Å². The average Bonchev–Trinajstić information content (AvgIpc) is 2.57. The van der Waals surface area contributed by atoms with Gasteiger partial charge in [0.1, 0.15) is 5.82 Å². The van der Waals surface area contributed by atoms with Gasteiger partial charge in [-0.2, -0.15) is 0 Å². The van der Waals surface area contributed by atoms with Crippen LogP contribution in [0.15, 0.2) is 30.6 Å². The third kappa shape index (κ3) is 1.25. The van der Waals surface area contributed by atoms with Crippen molar-refractivity contribution in [1.82, 2.24) is 9.55 Å². The highest BCUT2D eigenvalue weighted by Crippen LogP contribution is 2.18. The van der Waals surface area contributed by atoms with E-state index in [-0.39, 0.29) is 5.82 Å². The van der Waals surface area contributed by atoms with Gasteiger partial charge in [-0.3, -0.25) is 4.57 Å². The zero-order valence-electron chi connectivity index (χ0n) is 7.74. The lowest BCUT2D eigenvalue weighted by molar-refractivity contribution is 0.617. The van der Waals surface area contributed by atoms with Gasteiger partial charge in [-0.25, -0.2) is 9.37 Å². The summed E-state index contributed by atoms with van der Waals surface area (Å²) < 4.78 is 14.9. The van der Waals surface area contributed by atoms with Crippen molar-refractivity contribution in [3.63, 3.8) is 0 Å². The first-order valence-electron chi connectivity index (χ1n) is 4.24. The highest BCUT2D eigenvalue weighted by molar-refractivity contribution is 5.45. The fraction of sp³-hybridized carbons (Fsp3) is 0.100. The molecule has 0 spiro atoms. The van der Waals surface area contributed by atoms with Crippen LogP contribution in [0, 0.1) is 12.7 Å². The summed E-state index contributed by atoms with van der Waals surface area (Å²) in [7, 11) is 0. The molecule has 0 aliphatic heterocycles. The number of nitrogens with zero attached hydrogens (tertiary/aromatic N) is 2. The maximum absolute atomic E-state index is 13.2. The number of nitrogens with two attached hydrogens (primary N) is 1. The average molecular weight is 191 g/mol. The van der Waals surface area contributed by atoms with E-state index in [1.165, 1.54) is 6.07 Å². The van der Waals surface area contributed by atoms with Crippen LogP contribution in [0.1, 0.15) is 5.56 Å².